The first-order chi connectivity index (χ1) is 14.4. The minimum absolute atomic E-state index is 0.164. The number of aryl methyl sites for hydroxylation is 1. The number of thioether (sulfide) groups is 1. The molecule has 1 aromatic heterocycles. The molecule has 0 bridgehead atoms. The van der Waals surface area contributed by atoms with E-state index in [1.54, 1.807) is 12.1 Å². The Kier molecular flexibility index (Phi) is 7.80. The van der Waals surface area contributed by atoms with Crippen molar-refractivity contribution in [1.82, 2.24) is 14.8 Å². The maximum absolute atomic E-state index is 12.3. The van der Waals surface area contributed by atoms with Crippen molar-refractivity contribution in [2.75, 3.05) is 11.1 Å². The van der Waals surface area contributed by atoms with Crippen LogP contribution in [0.2, 0.25) is 5.02 Å². The van der Waals surface area contributed by atoms with Gasteiger partial charge in [0.2, 0.25) is 5.91 Å². The Morgan fingerprint density at radius 3 is 2.80 bits per heavy atom. The van der Waals surface area contributed by atoms with Crippen molar-refractivity contribution in [2.45, 2.75) is 39.1 Å². The van der Waals surface area contributed by atoms with E-state index in [2.05, 4.69) is 44.4 Å². The highest BCUT2D eigenvalue weighted by Gasteiger charge is 2.15. The molecule has 0 aliphatic carbocycles. The van der Waals surface area contributed by atoms with Gasteiger partial charge in [-0.1, -0.05) is 51.4 Å². The quantitative estimate of drug-likeness (QED) is 0.398. The minimum Gasteiger partial charge on any atom is -0.485 e. The SMILES string of the molecule is CCn1c(COc2cccc(C)c2C)nnc1SCC(=O)Nc1ccc(Br)cc1Cl. The lowest BCUT2D eigenvalue weighted by Gasteiger charge is -2.12. The summed E-state index contributed by atoms with van der Waals surface area (Å²) in [4.78, 5) is 12.3. The number of hydrogen-bond donors (Lipinski definition) is 1. The molecule has 0 unspecified atom stereocenters. The first-order valence-electron chi connectivity index (χ1n) is 9.37. The third-order valence-corrected chi connectivity index (χ3v) is 6.33. The van der Waals surface area contributed by atoms with Crippen LogP contribution < -0.4 is 10.1 Å². The van der Waals surface area contributed by atoms with Gasteiger partial charge in [0.25, 0.3) is 0 Å². The number of amides is 1. The zero-order chi connectivity index (χ0) is 21.7. The molecule has 0 fully saturated rings. The average Bonchev–Trinajstić information content (AvgIpc) is 3.11. The number of nitrogens with zero attached hydrogens (tertiary/aromatic N) is 3. The van der Waals surface area contributed by atoms with Gasteiger partial charge < -0.3 is 14.6 Å². The Labute approximate surface area is 193 Å². The lowest BCUT2D eigenvalue weighted by atomic mass is 10.1. The molecule has 3 aromatic rings. The number of nitrogens with one attached hydrogen (secondary N) is 1. The van der Waals surface area contributed by atoms with Gasteiger partial charge in [0.15, 0.2) is 11.0 Å². The third-order valence-electron chi connectivity index (χ3n) is 4.56. The molecule has 0 saturated heterocycles. The number of carbonyl (C=O) groups is 1. The molecular formula is C21H22BrClN4O2S. The van der Waals surface area contributed by atoms with Gasteiger partial charge in [-0.15, -0.1) is 10.2 Å². The van der Waals surface area contributed by atoms with E-state index in [4.69, 9.17) is 16.3 Å². The zero-order valence-electron chi connectivity index (χ0n) is 16.9. The van der Waals surface area contributed by atoms with Crippen molar-refractivity contribution in [3.05, 3.63) is 62.8 Å². The Morgan fingerprint density at radius 2 is 2.07 bits per heavy atom. The second-order valence-electron chi connectivity index (χ2n) is 6.59. The number of hydrogen-bond acceptors (Lipinski definition) is 5. The van der Waals surface area contributed by atoms with Crippen molar-refractivity contribution in [2.24, 2.45) is 0 Å². The largest absolute Gasteiger partial charge is 0.485 e. The molecule has 1 heterocycles. The molecule has 0 aliphatic rings. The summed E-state index contributed by atoms with van der Waals surface area (Å²) in [6, 6.07) is 11.3. The van der Waals surface area contributed by atoms with Crippen LogP contribution in [0.15, 0.2) is 46.0 Å². The Morgan fingerprint density at radius 1 is 1.27 bits per heavy atom. The molecule has 1 amide bonds. The van der Waals surface area contributed by atoms with Crippen LogP contribution in [0.5, 0.6) is 5.75 Å². The molecule has 0 spiro atoms. The highest BCUT2D eigenvalue weighted by Crippen LogP contribution is 2.26. The molecule has 0 aliphatic heterocycles. The molecule has 0 atom stereocenters. The van der Waals surface area contributed by atoms with E-state index in [1.165, 1.54) is 17.3 Å². The van der Waals surface area contributed by atoms with E-state index in [9.17, 15) is 4.79 Å². The monoisotopic (exact) mass is 508 g/mol. The summed E-state index contributed by atoms with van der Waals surface area (Å²) < 4.78 is 8.76. The van der Waals surface area contributed by atoms with Crippen molar-refractivity contribution < 1.29 is 9.53 Å². The predicted molar refractivity (Wildman–Crippen MR) is 124 cm³/mol. The van der Waals surface area contributed by atoms with E-state index in [1.807, 2.05) is 36.6 Å². The molecule has 30 heavy (non-hydrogen) atoms. The van der Waals surface area contributed by atoms with Gasteiger partial charge in [0.05, 0.1) is 16.5 Å². The summed E-state index contributed by atoms with van der Waals surface area (Å²) in [6.07, 6.45) is 0. The normalized spacial score (nSPS) is 10.8. The highest BCUT2D eigenvalue weighted by atomic mass is 79.9. The number of anilines is 1. The standard InChI is InChI=1S/C21H22BrClN4O2S/c1-4-27-19(11-29-18-7-5-6-13(2)14(18)3)25-26-21(27)30-12-20(28)24-17-9-8-15(22)10-16(17)23/h5-10H,4,11-12H2,1-3H3,(H,24,28). The van der Waals surface area contributed by atoms with Gasteiger partial charge in [-0.05, 0) is 56.2 Å². The van der Waals surface area contributed by atoms with Gasteiger partial charge in [-0.3, -0.25) is 4.79 Å². The molecule has 9 heteroatoms. The van der Waals surface area contributed by atoms with Crippen molar-refractivity contribution >= 4 is 50.9 Å². The van der Waals surface area contributed by atoms with Crippen LogP contribution in [0.1, 0.15) is 23.9 Å². The van der Waals surface area contributed by atoms with E-state index >= 15 is 0 Å². The second-order valence-corrected chi connectivity index (χ2v) is 8.86. The van der Waals surface area contributed by atoms with Crippen LogP contribution in [-0.2, 0) is 17.9 Å². The lowest BCUT2D eigenvalue weighted by Crippen LogP contribution is -2.15. The van der Waals surface area contributed by atoms with Crippen molar-refractivity contribution in [3.63, 3.8) is 0 Å². The maximum atomic E-state index is 12.3. The fourth-order valence-corrected chi connectivity index (χ4v) is 4.32. The average molecular weight is 510 g/mol. The molecule has 6 nitrogen and oxygen atoms in total. The van der Waals surface area contributed by atoms with Gasteiger partial charge in [0.1, 0.15) is 12.4 Å². The first kappa shape index (κ1) is 22.7. The van der Waals surface area contributed by atoms with Crippen LogP contribution in [-0.4, -0.2) is 26.4 Å². The summed E-state index contributed by atoms with van der Waals surface area (Å²) in [7, 11) is 0. The van der Waals surface area contributed by atoms with Gasteiger partial charge in [0, 0.05) is 11.0 Å². The first-order valence-corrected chi connectivity index (χ1v) is 11.5. The summed E-state index contributed by atoms with van der Waals surface area (Å²) >= 11 is 10.8. The molecule has 158 valence electrons. The Hall–Kier alpha value is -2.03. The Bertz CT molecular complexity index is 1060. The van der Waals surface area contributed by atoms with Crippen molar-refractivity contribution in [1.29, 1.82) is 0 Å². The molecular weight excluding hydrogens is 488 g/mol. The van der Waals surface area contributed by atoms with Crippen LogP contribution in [0, 0.1) is 13.8 Å². The predicted octanol–water partition coefficient (Wildman–Crippen LogP) is 5.64. The van der Waals surface area contributed by atoms with Crippen LogP contribution >= 0.6 is 39.3 Å². The molecule has 0 radical (unpaired) electrons. The highest BCUT2D eigenvalue weighted by molar-refractivity contribution is 9.10. The lowest BCUT2D eigenvalue weighted by molar-refractivity contribution is -0.113. The number of ether oxygens (including phenoxy) is 1. The number of rotatable bonds is 8. The fourth-order valence-electron chi connectivity index (χ4n) is 2.78. The summed E-state index contributed by atoms with van der Waals surface area (Å²) in [5.74, 6) is 1.59. The Balaban J connectivity index is 1.61. The number of halogens is 2. The molecule has 0 saturated carbocycles. The summed E-state index contributed by atoms with van der Waals surface area (Å²) in [5, 5.41) is 12.4. The number of carbonyl (C=O) groups excluding carboxylic acids is 1. The van der Waals surface area contributed by atoms with Crippen LogP contribution in [0.4, 0.5) is 5.69 Å². The maximum Gasteiger partial charge on any atom is 0.234 e. The van der Waals surface area contributed by atoms with E-state index in [-0.39, 0.29) is 11.7 Å². The molecule has 2 aromatic carbocycles. The molecule has 3 rings (SSSR count). The number of aromatic nitrogens is 3. The topological polar surface area (TPSA) is 69.0 Å². The summed E-state index contributed by atoms with van der Waals surface area (Å²) in [5.41, 5.74) is 2.86. The van der Waals surface area contributed by atoms with Crippen molar-refractivity contribution in [3.8, 4) is 5.75 Å². The van der Waals surface area contributed by atoms with E-state index in [0.29, 0.717) is 29.0 Å². The zero-order valence-corrected chi connectivity index (χ0v) is 20.1. The summed E-state index contributed by atoms with van der Waals surface area (Å²) in [6.45, 7) is 7.09. The van der Waals surface area contributed by atoms with Gasteiger partial charge in [-0.25, -0.2) is 0 Å². The van der Waals surface area contributed by atoms with Crippen LogP contribution in [0.3, 0.4) is 0 Å². The van der Waals surface area contributed by atoms with Gasteiger partial charge >= 0.3 is 0 Å². The van der Waals surface area contributed by atoms with E-state index in [0.717, 1.165) is 21.6 Å². The fraction of sp³-hybridized carbons (Fsp3) is 0.286. The van der Waals surface area contributed by atoms with Crippen LogP contribution in [0.25, 0.3) is 0 Å². The second kappa shape index (κ2) is 10.3. The third kappa shape index (κ3) is 5.56. The number of benzene rings is 2. The van der Waals surface area contributed by atoms with E-state index < -0.39 is 0 Å². The molecule has 1 N–H and O–H groups in total. The van der Waals surface area contributed by atoms with Gasteiger partial charge in [-0.2, -0.15) is 0 Å². The smallest absolute Gasteiger partial charge is 0.234 e. The minimum atomic E-state index is -0.164.